The maximum absolute atomic E-state index is 9.96. The molecular formula is C14H12O5. The molecule has 0 unspecified atom stereocenters. The molecule has 3 aromatic rings. The molecule has 0 fully saturated rings. The number of rotatable bonds is 2. The van der Waals surface area contributed by atoms with Crippen molar-refractivity contribution in [3.05, 3.63) is 24.3 Å². The highest BCUT2D eigenvalue weighted by molar-refractivity contribution is 6.08. The predicted molar refractivity (Wildman–Crippen MR) is 70.2 cm³/mol. The Kier molecular flexibility index (Phi) is 2.41. The van der Waals surface area contributed by atoms with Gasteiger partial charge in [0, 0.05) is 16.8 Å². The molecule has 0 atom stereocenters. The monoisotopic (exact) mass is 260 g/mol. The summed E-state index contributed by atoms with van der Waals surface area (Å²) in [7, 11) is 2.92. The van der Waals surface area contributed by atoms with Gasteiger partial charge in [-0.05, 0) is 18.2 Å². The van der Waals surface area contributed by atoms with Crippen LogP contribution in [0.25, 0.3) is 21.9 Å². The summed E-state index contributed by atoms with van der Waals surface area (Å²) in [6.45, 7) is 0. The van der Waals surface area contributed by atoms with Crippen molar-refractivity contribution < 1.29 is 24.1 Å². The number of fused-ring (bicyclic) bond motifs is 3. The van der Waals surface area contributed by atoms with Crippen molar-refractivity contribution in [2.24, 2.45) is 0 Å². The number of aromatic hydroxyl groups is 2. The number of benzene rings is 2. The van der Waals surface area contributed by atoms with Gasteiger partial charge in [0.05, 0.1) is 14.2 Å². The molecule has 2 aromatic carbocycles. The Balaban J connectivity index is 2.49. The molecule has 0 aliphatic heterocycles. The van der Waals surface area contributed by atoms with Crippen molar-refractivity contribution in [1.82, 2.24) is 0 Å². The van der Waals surface area contributed by atoms with Crippen LogP contribution in [0.5, 0.6) is 23.0 Å². The number of phenolic OH excluding ortho intramolecular Hbond substituents is 2. The molecule has 98 valence electrons. The Labute approximate surface area is 108 Å². The smallest absolute Gasteiger partial charge is 0.208 e. The second kappa shape index (κ2) is 3.98. The molecule has 0 bridgehead atoms. The van der Waals surface area contributed by atoms with Gasteiger partial charge >= 0.3 is 0 Å². The summed E-state index contributed by atoms with van der Waals surface area (Å²) in [6.07, 6.45) is 0. The van der Waals surface area contributed by atoms with E-state index in [1.165, 1.54) is 20.3 Å². The topological polar surface area (TPSA) is 72.1 Å². The van der Waals surface area contributed by atoms with E-state index in [1.807, 2.05) is 0 Å². The third kappa shape index (κ3) is 1.55. The lowest BCUT2D eigenvalue weighted by Crippen LogP contribution is -1.91. The van der Waals surface area contributed by atoms with Gasteiger partial charge in [0.25, 0.3) is 0 Å². The minimum absolute atomic E-state index is 0.0253. The number of hydrogen-bond donors (Lipinski definition) is 2. The molecule has 3 rings (SSSR count). The molecule has 0 aliphatic carbocycles. The largest absolute Gasteiger partial charge is 0.508 e. The van der Waals surface area contributed by atoms with Gasteiger partial charge in [-0.2, -0.15) is 0 Å². The third-order valence-corrected chi connectivity index (χ3v) is 3.05. The molecule has 0 saturated carbocycles. The molecule has 19 heavy (non-hydrogen) atoms. The molecule has 1 aromatic heterocycles. The van der Waals surface area contributed by atoms with Crippen molar-refractivity contribution in [3.8, 4) is 23.0 Å². The zero-order valence-corrected chi connectivity index (χ0v) is 10.4. The molecule has 0 amide bonds. The zero-order valence-electron chi connectivity index (χ0n) is 10.4. The normalized spacial score (nSPS) is 11.1. The molecule has 5 nitrogen and oxygen atoms in total. The highest BCUT2D eigenvalue weighted by Gasteiger charge is 2.20. The first-order chi connectivity index (χ1) is 9.15. The fourth-order valence-corrected chi connectivity index (χ4v) is 2.22. The summed E-state index contributed by atoms with van der Waals surface area (Å²) in [5.74, 6) is 0.635. The van der Waals surface area contributed by atoms with E-state index in [0.29, 0.717) is 22.3 Å². The van der Waals surface area contributed by atoms with Gasteiger partial charge in [0.2, 0.25) is 11.5 Å². The maximum Gasteiger partial charge on any atom is 0.208 e. The maximum atomic E-state index is 9.96. The Morgan fingerprint density at radius 1 is 0.947 bits per heavy atom. The van der Waals surface area contributed by atoms with Crippen molar-refractivity contribution in [1.29, 1.82) is 0 Å². The van der Waals surface area contributed by atoms with Crippen LogP contribution in [-0.2, 0) is 0 Å². The third-order valence-electron chi connectivity index (χ3n) is 3.05. The Hall–Kier alpha value is -2.56. The van der Waals surface area contributed by atoms with Crippen molar-refractivity contribution in [2.75, 3.05) is 14.2 Å². The molecule has 1 heterocycles. The minimum Gasteiger partial charge on any atom is -0.508 e. The number of hydrogen-bond acceptors (Lipinski definition) is 5. The molecule has 0 radical (unpaired) electrons. The van der Waals surface area contributed by atoms with Crippen molar-refractivity contribution in [3.63, 3.8) is 0 Å². The van der Waals surface area contributed by atoms with Crippen LogP contribution >= 0.6 is 0 Å². The van der Waals surface area contributed by atoms with Crippen LogP contribution in [0.15, 0.2) is 28.7 Å². The van der Waals surface area contributed by atoms with Crippen LogP contribution in [0.4, 0.5) is 0 Å². The van der Waals surface area contributed by atoms with Gasteiger partial charge < -0.3 is 24.1 Å². The summed E-state index contributed by atoms with van der Waals surface area (Å²) < 4.78 is 16.0. The van der Waals surface area contributed by atoms with Gasteiger partial charge in [-0.1, -0.05) is 0 Å². The van der Waals surface area contributed by atoms with Crippen LogP contribution in [0.2, 0.25) is 0 Å². The van der Waals surface area contributed by atoms with E-state index in [9.17, 15) is 10.2 Å². The second-order valence-corrected chi connectivity index (χ2v) is 4.12. The first kappa shape index (κ1) is 11.5. The second-order valence-electron chi connectivity index (χ2n) is 4.12. The lowest BCUT2D eigenvalue weighted by molar-refractivity contribution is 0.333. The van der Waals surface area contributed by atoms with E-state index in [2.05, 4.69) is 0 Å². The molecule has 0 saturated heterocycles. The summed E-state index contributed by atoms with van der Waals surface area (Å²) in [6, 6.07) is 6.35. The van der Waals surface area contributed by atoms with Crippen LogP contribution in [0, 0.1) is 0 Å². The number of methoxy groups -OCH3 is 2. The highest BCUT2D eigenvalue weighted by Crippen LogP contribution is 2.46. The quantitative estimate of drug-likeness (QED) is 0.741. The van der Waals surface area contributed by atoms with Gasteiger partial charge in [0.15, 0.2) is 11.3 Å². The molecular weight excluding hydrogens is 248 g/mol. The lowest BCUT2D eigenvalue weighted by Gasteiger charge is -2.09. The van der Waals surface area contributed by atoms with E-state index in [1.54, 1.807) is 18.2 Å². The Morgan fingerprint density at radius 2 is 1.68 bits per heavy atom. The van der Waals surface area contributed by atoms with Crippen LogP contribution in [0.1, 0.15) is 0 Å². The zero-order chi connectivity index (χ0) is 13.6. The van der Waals surface area contributed by atoms with E-state index < -0.39 is 0 Å². The average Bonchev–Trinajstić information content (AvgIpc) is 2.74. The summed E-state index contributed by atoms with van der Waals surface area (Å²) in [4.78, 5) is 0. The molecule has 0 spiro atoms. The van der Waals surface area contributed by atoms with Gasteiger partial charge in [-0.25, -0.2) is 0 Å². The predicted octanol–water partition coefficient (Wildman–Crippen LogP) is 3.01. The van der Waals surface area contributed by atoms with Gasteiger partial charge in [-0.3, -0.25) is 0 Å². The Morgan fingerprint density at radius 3 is 2.37 bits per heavy atom. The number of ether oxygens (including phenoxy) is 2. The average molecular weight is 260 g/mol. The summed E-state index contributed by atoms with van der Waals surface area (Å²) in [5.41, 5.74) is 0.985. The van der Waals surface area contributed by atoms with Crippen molar-refractivity contribution >= 4 is 21.9 Å². The number of phenols is 2. The summed E-state index contributed by atoms with van der Waals surface area (Å²) >= 11 is 0. The first-order valence-corrected chi connectivity index (χ1v) is 5.65. The first-order valence-electron chi connectivity index (χ1n) is 5.65. The van der Waals surface area contributed by atoms with Crippen LogP contribution in [-0.4, -0.2) is 24.4 Å². The Bertz CT molecular complexity index is 772. The fraction of sp³-hybridized carbons (Fsp3) is 0.143. The van der Waals surface area contributed by atoms with Gasteiger partial charge in [-0.15, -0.1) is 0 Å². The van der Waals surface area contributed by atoms with Crippen molar-refractivity contribution in [2.45, 2.75) is 0 Å². The van der Waals surface area contributed by atoms with E-state index in [0.717, 1.165) is 5.39 Å². The summed E-state index contributed by atoms with van der Waals surface area (Å²) in [5, 5.41) is 20.9. The van der Waals surface area contributed by atoms with Crippen LogP contribution < -0.4 is 9.47 Å². The highest BCUT2D eigenvalue weighted by atomic mass is 16.5. The minimum atomic E-state index is -0.0253. The SMILES string of the molecule is COc1c(O)cc2c(oc3cc(O)ccc32)c1OC. The van der Waals surface area contributed by atoms with E-state index in [4.69, 9.17) is 13.9 Å². The number of furan rings is 1. The molecule has 0 aliphatic rings. The van der Waals surface area contributed by atoms with E-state index in [-0.39, 0.29) is 17.2 Å². The van der Waals surface area contributed by atoms with Gasteiger partial charge in [0.1, 0.15) is 11.3 Å². The standard InChI is InChI=1S/C14H12O5/c1-17-13-10(16)6-9-8-4-3-7(15)5-11(8)19-12(9)14(13)18-2/h3-6,15-16H,1-2H3. The fourth-order valence-electron chi connectivity index (χ4n) is 2.22. The molecule has 5 heteroatoms. The van der Waals surface area contributed by atoms with Crippen LogP contribution in [0.3, 0.4) is 0 Å². The molecule has 2 N–H and O–H groups in total. The van der Waals surface area contributed by atoms with E-state index >= 15 is 0 Å². The lowest BCUT2D eigenvalue weighted by atomic mass is 10.1.